The molecular formula is C24H32N2O4S2. The maximum atomic E-state index is 12.2. The third-order valence-electron chi connectivity index (χ3n) is 4.55. The molecule has 2 aromatic rings. The Bertz CT molecular complexity index is 832. The molecule has 0 aromatic heterocycles. The van der Waals surface area contributed by atoms with Crippen LogP contribution in [0, 0.1) is 13.8 Å². The van der Waals surface area contributed by atoms with Crippen LogP contribution in [0.5, 0.6) is 11.5 Å². The smallest absolute Gasteiger partial charge is 0.234 e. The van der Waals surface area contributed by atoms with Gasteiger partial charge >= 0.3 is 0 Å². The number of nitrogens with one attached hydrogen (secondary N) is 2. The minimum Gasteiger partial charge on any atom is -0.495 e. The first kappa shape index (κ1) is 25.9. The van der Waals surface area contributed by atoms with Gasteiger partial charge in [0.05, 0.1) is 37.1 Å². The van der Waals surface area contributed by atoms with Crippen molar-refractivity contribution in [1.82, 2.24) is 0 Å². The summed E-state index contributed by atoms with van der Waals surface area (Å²) in [4.78, 5) is 24.3. The van der Waals surface area contributed by atoms with Crippen LogP contribution in [0.3, 0.4) is 0 Å². The number of ether oxygens (including phenoxy) is 2. The molecule has 0 saturated carbocycles. The van der Waals surface area contributed by atoms with E-state index in [0.29, 0.717) is 34.4 Å². The van der Waals surface area contributed by atoms with E-state index in [9.17, 15) is 9.59 Å². The standard InChI is InChI=1S/C24H32N2O4S2/c1-17-7-9-21(29-3)19(13-17)25-23(27)15-31-11-5-6-12-32-16-24(28)26-20-14-18(2)8-10-22(20)30-4/h7-10,13-14H,5-6,11-12,15-16H2,1-4H3,(H,25,27)(H,26,28). The fourth-order valence-corrected chi connectivity index (χ4v) is 4.57. The van der Waals surface area contributed by atoms with Gasteiger partial charge in [-0.3, -0.25) is 9.59 Å². The van der Waals surface area contributed by atoms with Crippen molar-refractivity contribution in [3.05, 3.63) is 47.5 Å². The molecule has 0 radical (unpaired) electrons. The number of benzene rings is 2. The molecule has 0 saturated heterocycles. The lowest BCUT2D eigenvalue weighted by Gasteiger charge is -2.11. The van der Waals surface area contributed by atoms with Crippen molar-refractivity contribution in [2.75, 3.05) is 47.9 Å². The Labute approximate surface area is 199 Å². The average molecular weight is 477 g/mol. The van der Waals surface area contributed by atoms with Gasteiger partial charge in [0.15, 0.2) is 0 Å². The Hall–Kier alpha value is -2.32. The largest absolute Gasteiger partial charge is 0.495 e. The number of unbranched alkanes of at least 4 members (excludes halogenated alkanes) is 1. The number of hydrogen-bond acceptors (Lipinski definition) is 6. The second-order valence-electron chi connectivity index (χ2n) is 7.32. The molecule has 174 valence electrons. The van der Waals surface area contributed by atoms with Crippen LogP contribution in [-0.2, 0) is 9.59 Å². The zero-order chi connectivity index (χ0) is 23.3. The molecule has 0 atom stereocenters. The Morgan fingerprint density at radius 3 is 1.53 bits per heavy atom. The number of methoxy groups -OCH3 is 2. The molecule has 8 heteroatoms. The third kappa shape index (κ3) is 9.04. The van der Waals surface area contributed by atoms with Gasteiger partial charge in [0.2, 0.25) is 11.8 Å². The zero-order valence-corrected chi connectivity index (χ0v) is 20.8. The van der Waals surface area contributed by atoms with E-state index in [0.717, 1.165) is 35.5 Å². The molecule has 0 spiro atoms. The molecule has 0 aliphatic carbocycles. The Morgan fingerprint density at radius 1 is 0.750 bits per heavy atom. The SMILES string of the molecule is COc1ccc(C)cc1NC(=O)CSCCCCSCC(=O)Nc1cc(C)ccc1OC. The number of carbonyl (C=O) groups excluding carboxylic acids is 2. The van der Waals surface area contributed by atoms with Crippen LogP contribution in [-0.4, -0.2) is 49.0 Å². The highest BCUT2D eigenvalue weighted by molar-refractivity contribution is 8.00. The third-order valence-corrected chi connectivity index (χ3v) is 6.64. The molecule has 0 aliphatic heterocycles. The monoisotopic (exact) mass is 476 g/mol. The predicted molar refractivity (Wildman–Crippen MR) is 137 cm³/mol. The summed E-state index contributed by atoms with van der Waals surface area (Å²) in [7, 11) is 3.19. The molecule has 0 aliphatic rings. The highest BCUT2D eigenvalue weighted by Gasteiger charge is 2.09. The van der Waals surface area contributed by atoms with Crippen LogP contribution in [0.2, 0.25) is 0 Å². The molecule has 32 heavy (non-hydrogen) atoms. The second-order valence-corrected chi connectivity index (χ2v) is 9.53. The van der Waals surface area contributed by atoms with Crippen molar-refractivity contribution >= 4 is 46.7 Å². The van der Waals surface area contributed by atoms with E-state index >= 15 is 0 Å². The average Bonchev–Trinajstić information content (AvgIpc) is 2.76. The topological polar surface area (TPSA) is 76.7 Å². The van der Waals surface area contributed by atoms with E-state index in [4.69, 9.17) is 9.47 Å². The summed E-state index contributed by atoms with van der Waals surface area (Å²) >= 11 is 3.23. The summed E-state index contributed by atoms with van der Waals surface area (Å²) < 4.78 is 10.6. The maximum Gasteiger partial charge on any atom is 0.234 e. The second kappa shape index (κ2) is 14.0. The number of anilines is 2. The van der Waals surface area contributed by atoms with Crippen LogP contribution in [0.25, 0.3) is 0 Å². The van der Waals surface area contributed by atoms with Crippen molar-refractivity contribution in [3.8, 4) is 11.5 Å². The minimum atomic E-state index is -0.0310. The van der Waals surface area contributed by atoms with Gasteiger partial charge in [-0.15, -0.1) is 0 Å². The van der Waals surface area contributed by atoms with Crippen LogP contribution in [0.4, 0.5) is 11.4 Å². The van der Waals surface area contributed by atoms with Gasteiger partial charge in [0.25, 0.3) is 0 Å². The lowest BCUT2D eigenvalue weighted by molar-refractivity contribution is -0.114. The number of aryl methyl sites for hydroxylation is 2. The van der Waals surface area contributed by atoms with Crippen LogP contribution in [0.15, 0.2) is 36.4 Å². The van der Waals surface area contributed by atoms with Gasteiger partial charge < -0.3 is 20.1 Å². The fourth-order valence-electron chi connectivity index (χ4n) is 2.95. The Morgan fingerprint density at radius 2 is 1.16 bits per heavy atom. The summed E-state index contributed by atoms with van der Waals surface area (Å²) in [5.74, 6) is 3.90. The summed E-state index contributed by atoms with van der Waals surface area (Å²) in [6, 6.07) is 11.4. The number of rotatable bonds is 13. The summed E-state index contributed by atoms with van der Waals surface area (Å²) in [6.07, 6.45) is 2.01. The van der Waals surface area contributed by atoms with Crippen LogP contribution in [0.1, 0.15) is 24.0 Å². The normalized spacial score (nSPS) is 10.5. The van der Waals surface area contributed by atoms with E-state index < -0.39 is 0 Å². The number of thioether (sulfide) groups is 2. The fraction of sp³-hybridized carbons (Fsp3) is 0.417. The minimum absolute atomic E-state index is 0.0310. The van der Waals surface area contributed by atoms with Crippen LogP contribution >= 0.6 is 23.5 Å². The molecule has 0 unspecified atom stereocenters. The van der Waals surface area contributed by atoms with Gasteiger partial charge in [-0.05, 0) is 73.6 Å². The van der Waals surface area contributed by atoms with Crippen molar-refractivity contribution < 1.29 is 19.1 Å². The molecule has 0 heterocycles. The van der Waals surface area contributed by atoms with E-state index in [1.165, 1.54) is 0 Å². The molecule has 2 N–H and O–H groups in total. The molecule has 0 bridgehead atoms. The van der Waals surface area contributed by atoms with E-state index in [1.807, 2.05) is 50.2 Å². The van der Waals surface area contributed by atoms with Gasteiger partial charge in [-0.2, -0.15) is 23.5 Å². The van der Waals surface area contributed by atoms with Crippen molar-refractivity contribution in [1.29, 1.82) is 0 Å². The number of amides is 2. The zero-order valence-electron chi connectivity index (χ0n) is 19.2. The van der Waals surface area contributed by atoms with Gasteiger partial charge in [-0.25, -0.2) is 0 Å². The molecule has 2 aromatic carbocycles. The predicted octanol–water partition coefficient (Wildman–Crippen LogP) is 5.14. The molecule has 2 rings (SSSR count). The number of hydrogen-bond donors (Lipinski definition) is 2. The summed E-state index contributed by atoms with van der Waals surface area (Å²) in [5.41, 5.74) is 3.54. The molecule has 0 fully saturated rings. The highest BCUT2D eigenvalue weighted by atomic mass is 32.2. The first-order chi connectivity index (χ1) is 15.4. The number of carbonyl (C=O) groups is 2. The van der Waals surface area contributed by atoms with Crippen molar-refractivity contribution in [2.24, 2.45) is 0 Å². The Kier molecular flexibility index (Phi) is 11.3. The van der Waals surface area contributed by atoms with Gasteiger partial charge in [-0.1, -0.05) is 12.1 Å². The van der Waals surface area contributed by atoms with Crippen molar-refractivity contribution in [2.45, 2.75) is 26.7 Å². The van der Waals surface area contributed by atoms with Crippen LogP contribution < -0.4 is 20.1 Å². The molecule has 6 nitrogen and oxygen atoms in total. The van der Waals surface area contributed by atoms with Crippen molar-refractivity contribution in [3.63, 3.8) is 0 Å². The maximum absolute atomic E-state index is 12.2. The quantitative estimate of drug-likeness (QED) is 0.390. The molecule has 2 amide bonds. The summed E-state index contributed by atoms with van der Waals surface area (Å²) in [5, 5.41) is 5.83. The van der Waals surface area contributed by atoms with E-state index in [1.54, 1.807) is 37.7 Å². The Balaban J connectivity index is 1.56. The van der Waals surface area contributed by atoms with E-state index in [2.05, 4.69) is 10.6 Å². The summed E-state index contributed by atoms with van der Waals surface area (Å²) in [6.45, 7) is 3.95. The molecular weight excluding hydrogens is 444 g/mol. The lowest BCUT2D eigenvalue weighted by Crippen LogP contribution is -2.15. The first-order valence-electron chi connectivity index (χ1n) is 10.5. The van der Waals surface area contributed by atoms with E-state index in [-0.39, 0.29) is 11.8 Å². The van der Waals surface area contributed by atoms with Gasteiger partial charge in [0, 0.05) is 0 Å². The lowest BCUT2D eigenvalue weighted by atomic mass is 10.2. The van der Waals surface area contributed by atoms with Gasteiger partial charge in [0.1, 0.15) is 11.5 Å². The first-order valence-corrected chi connectivity index (χ1v) is 12.8. The highest BCUT2D eigenvalue weighted by Crippen LogP contribution is 2.26.